The van der Waals surface area contributed by atoms with Crippen LogP contribution in [0.2, 0.25) is 0 Å². The lowest BCUT2D eigenvalue weighted by Crippen LogP contribution is -2.17. The highest BCUT2D eigenvalue weighted by molar-refractivity contribution is 5.87. The lowest BCUT2D eigenvalue weighted by atomic mass is 10.1. The van der Waals surface area contributed by atoms with E-state index in [1.165, 1.54) is 0 Å². The lowest BCUT2D eigenvalue weighted by Gasteiger charge is -2.08. The van der Waals surface area contributed by atoms with E-state index >= 15 is 0 Å². The van der Waals surface area contributed by atoms with Crippen molar-refractivity contribution in [2.24, 2.45) is 0 Å². The summed E-state index contributed by atoms with van der Waals surface area (Å²) in [5, 5.41) is 0. The van der Waals surface area contributed by atoms with E-state index in [0.717, 1.165) is 0 Å². The molecule has 0 spiro atoms. The number of carbonyl (C=O) groups excluding carboxylic acids is 1. The molecule has 0 saturated heterocycles. The normalized spacial score (nSPS) is 12.6. The molecule has 0 amide bonds. The first-order valence-electron chi connectivity index (χ1n) is 4.26. The van der Waals surface area contributed by atoms with Gasteiger partial charge in [-0.2, -0.15) is 0 Å². The van der Waals surface area contributed by atoms with Gasteiger partial charge in [-0.15, -0.1) is 0 Å². The SMILES string of the molecule is C=C(CC(F)C(F)F)C(=O)OCCC. The summed E-state index contributed by atoms with van der Waals surface area (Å²) < 4.78 is 40.5. The quantitative estimate of drug-likeness (QED) is 0.497. The molecule has 0 aromatic rings. The summed E-state index contributed by atoms with van der Waals surface area (Å²) in [7, 11) is 0. The van der Waals surface area contributed by atoms with E-state index in [1.807, 2.05) is 0 Å². The monoisotopic (exact) mass is 210 g/mol. The van der Waals surface area contributed by atoms with Crippen molar-refractivity contribution in [3.05, 3.63) is 12.2 Å². The molecule has 0 aliphatic heterocycles. The number of hydrogen-bond acceptors (Lipinski definition) is 2. The molecule has 82 valence electrons. The topological polar surface area (TPSA) is 26.3 Å². The maximum absolute atomic E-state index is 12.4. The third kappa shape index (κ3) is 4.89. The highest BCUT2D eigenvalue weighted by Gasteiger charge is 2.23. The first-order chi connectivity index (χ1) is 6.49. The minimum atomic E-state index is -3.09. The van der Waals surface area contributed by atoms with Crippen LogP contribution in [0.1, 0.15) is 19.8 Å². The summed E-state index contributed by atoms with van der Waals surface area (Å²) in [4.78, 5) is 10.9. The Labute approximate surface area is 80.7 Å². The van der Waals surface area contributed by atoms with Crippen LogP contribution in [0.25, 0.3) is 0 Å². The van der Waals surface area contributed by atoms with Gasteiger partial charge in [0.05, 0.1) is 6.61 Å². The summed E-state index contributed by atoms with van der Waals surface area (Å²) >= 11 is 0. The Hall–Kier alpha value is -1.00. The van der Waals surface area contributed by atoms with Crippen molar-refractivity contribution >= 4 is 5.97 Å². The molecular formula is C9H13F3O2. The predicted molar refractivity (Wildman–Crippen MR) is 45.9 cm³/mol. The van der Waals surface area contributed by atoms with E-state index in [9.17, 15) is 18.0 Å². The van der Waals surface area contributed by atoms with Gasteiger partial charge in [0.15, 0.2) is 6.17 Å². The van der Waals surface area contributed by atoms with Crippen molar-refractivity contribution in [1.82, 2.24) is 0 Å². The van der Waals surface area contributed by atoms with Crippen molar-refractivity contribution in [1.29, 1.82) is 0 Å². The van der Waals surface area contributed by atoms with Gasteiger partial charge >= 0.3 is 5.97 Å². The second kappa shape index (κ2) is 6.45. The summed E-state index contributed by atoms with van der Waals surface area (Å²) in [6.45, 7) is 5.15. The first-order valence-corrected chi connectivity index (χ1v) is 4.26. The van der Waals surface area contributed by atoms with Crippen molar-refractivity contribution in [3.8, 4) is 0 Å². The van der Waals surface area contributed by atoms with Gasteiger partial charge in [0.1, 0.15) is 0 Å². The van der Waals surface area contributed by atoms with E-state index in [-0.39, 0.29) is 12.2 Å². The molecule has 1 atom stereocenters. The van der Waals surface area contributed by atoms with Gasteiger partial charge in [0.25, 0.3) is 6.43 Å². The second-order valence-corrected chi connectivity index (χ2v) is 2.79. The molecule has 1 unspecified atom stereocenters. The molecule has 0 aromatic heterocycles. The Balaban J connectivity index is 3.89. The highest BCUT2D eigenvalue weighted by atomic mass is 19.3. The van der Waals surface area contributed by atoms with E-state index in [4.69, 9.17) is 0 Å². The minimum absolute atomic E-state index is 0.184. The fourth-order valence-corrected chi connectivity index (χ4v) is 0.705. The Bertz CT molecular complexity index is 204. The van der Waals surface area contributed by atoms with Crippen LogP contribution in [0.4, 0.5) is 13.2 Å². The second-order valence-electron chi connectivity index (χ2n) is 2.79. The first kappa shape index (κ1) is 13.0. The van der Waals surface area contributed by atoms with Crippen molar-refractivity contribution < 1.29 is 22.7 Å². The maximum Gasteiger partial charge on any atom is 0.333 e. The lowest BCUT2D eigenvalue weighted by molar-refractivity contribution is -0.139. The van der Waals surface area contributed by atoms with E-state index < -0.39 is 25.0 Å². The molecule has 2 nitrogen and oxygen atoms in total. The van der Waals surface area contributed by atoms with E-state index in [2.05, 4.69) is 11.3 Å². The molecule has 5 heteroatoms. The largest absolute Gasteiger partial charge is 0.462 e. The molecule has 0 N–H and O–H groups in total. The van der Waals surface area contributed by atoms with Crippen LogP contribution in [0.5, 0.6) is 0 Å². The van der Waals surface area contributed by atoms with Crippen molar-refractivity contribution in [2.45, 2.75) is 32.4 Å². The number of halogens is 3. The number of rotatable bonds is 6. The molecule has 0 fully saturated rings. The minimum Gasteiger partial charge on any atom is -0.462 e. The highest BCUT2D eigenvalue weighted by Crippen LogP contribution is 2.15. The molecule has 0 saturated carbocycles. The molecule has 0 aliphatic carbocycles. The van der Waals surface area contributed by atoms with Gasteiger partial charge in [-0.25, -0.2) is 18.0 Å². The zero-order chi connectivity index (χ0) is 11.1. The van der Waals surface area contributed by atoms with E-state index in [0.29, 0.717) is 6.42 Å². The average Bonchev–Trinajstić information content (AvgIpc) is 2.13. The molecule has 0 heterocycles. The van der Waals surface area contributed by atoms with Crippen LogP contribution in [-0.2, 0) is 9.53 Å². The van der Waals surface area contributed by atoms with Crippen LogP contribution in [0, 0.1) is 0 Å². The molecule has 0 aliphatic rings. The molecule has 14 heavy (non-hydrogen) atoms. The average molecular weight is 210 g/mol. The smallest absolute Gasteiger partial charge is 0.333 e. The number of carbonyl (C=O) groups is 1. The standard InChI is InChI=1S/C9H13F3O2/c1-3-4-14-9(13)6(2)5-7(10)8(11)12/h7-8H,2-5H2,1H3. The molecular weight excluding hydrogens is 197 g/mol. The third-order valence-corrected chi connectivity index (χ3v) is 1.44. The van der Waals surface area contributed by atoms with Crippen molar-refractivity contribution in [2.75, 3.05) is 6.61 Å². The van der Waals surface area contributed by atoms with Crippen molar-refractivity contribution in [3.63, 3.8) is 0 Å². The Morgan fingerprint density at radius 2 is 2.00 bits per heavy atom. The molecule has 0 aromatic carbocycles. The molecule has 0 rings (SSSR count). The van der Waals surface area contributed by atoms with Gasteiger partial charge in [-0.1, -0.05) is 13.5 Å². The van der Waals surface area contributed by atoms with Gasteiger partial charge in [0, 0.05) is 12.0 Å². The van der Waals surface area contributed by atoms with Crippen LogP contribution in [0.15, 0.2) is 12.2 Å². The fourth-order valence-electron chi connectivity index (χ4n) is 0.705. The predicted octanol–water partition coefficient (Wildman–Crippen LogP) is 2.49. The summed E-state index contributed by atoms with van der Waals surface area (Å²) in [6, 6.07) is 0. The van der Waals surface area contributed by atoms with Gasteiger partial charge in [-0.3, -0.25) is 0 Å². The number of ether oxygens (including phenoxy) is 1. The Morgan fingerprint density at radius 3 is 2.43 bits per heavy atom. The summed E-state index contributed by atoms with van der Waals surface area (Å²) in [6.07, 6.45) is -5.50. The zero-order valence-corrected chi connectivity index (χ0v) is 7.93. The third-order valence-electron chi connectivity index (χ3n) is 1.44. The summed E-state index contributed by atoms with van der Waals surface area (Å²) in [5.74, 6) is -0.810. The Kier molecular flexibility index (Phi) is 5.99. The van der Waals surface area contributed by atoms with Gasteiger partial charge in [0.2, 0.25) is 0 Å². The maximum atomic E-state index is 12.4. The fraction of sp³-hybridized carbons (Fsp3) is 0.667. The number of alkyl halides is 3. The number of esters is 1. The van der Waals surface area contributed by atoms with E-state index in [1.54, 1.807) is 6.92 Å². The van der Waals surface area contributed by atoms with Crippen LogP contribution < -0.4 is 0 Å². The van der Waals surface area contributed by atoms with Crippen LogP contribution >= 0.6 is 0 Å². The van der Waals surface area contributed by atoms with Crippen LogP contribution in [0.3, 0.4) is 0 Å². The summed E-state index contributed by atoms with van der Waals surface area (Å²) in [5.41, 5.74) is -0.258. The number of hydrogen-bond donors (Lipinski definition) is 0. The van der Waals surface area contributed by atoms with Gasteiger partial charge < -0.3 is 4.74 Å². The van der Waals surface area contributed by atoms with Crippen LogP contribution in [-0.4, -0.2) is 25.2 Å². The molecule has 0 bridgehead atoms. The zero-order valence-electron chi connectivity index (χ0n) is 7.93. The Morgan fingerprint density at radius 1 is 1.43 bits per heavy atom. The molecule has 0 radical (unpaired) electrons. The van der Waals surface area contributed by atoms with Gasteiger partial charge in [-0.05, 0) is 6.42 Å².